The first-order valence-corrected chi connectivity index (χ1v) is 5.95. The van der Waals surface area contributed by atoms with Crippen molar-refractivity contribution < 1.29 is 4.39 Å². The predicted octanol–water partition coefficient (Wildman–Crippen LogP) is 3.75. The van der Waals surface area contributed by atoms with Crippen molar-refractivity contribution in [1.82, 2.24) is 9.97 Å². The van der Waals surface area contributed by atoms with Crippen molar-refractivity contribution in [3.8, 4) is 0 Å². The smallest absolute Gasteiger partial charge is 0.125 e. The molecule has 1 aromatic carbocycles. The summed E-state index contributed by atoms with van der Waals surface area (Å²) in [6.45, 7) is 3.81. The fourth-order valence-corrected chi connectivity index (χ4v) is 1.93. The molecule has 0 aliphatic rings. The van der Waals surface area contributed by atoms with Gasteiger partial charge in [0.15, 0.2) is 0 Å². The van der Waals surface area contributed by atoms with Crippen molar-refractivity contribution in [2.75, 3.05) is 5.32 Å². The summed E-state index contributed by atoms with van der Waals surface area (Å²) in [4.78, 5) is 8.44. The molecule has 0 aliphatic carbocycles. The van der Waals surface area contributed by atoms with Gasteiger partial charge in [-0.3, -0.25) is 9.97 Å². The first kappa shape index (κ1) is 12.8. The van der Waals surface area contributed by atoms with Gasteiger partial charge in [-0.15, -0.1) is 0 Å². The summed E-state index contributed by atoms with van der Waals surface area (Å²) in [7, 11) is 0. The summed E-state index contributed by atoms with van der Waals surface area (Å²) in [5, 5.41) is 3.61. The van der Waals surface area contributed by atoms with Gasteiger partial charge >= 0.3 is 0 Å². The molecule has 18 heavy (non-hydrogen) atoms. The van der Waals surface area contributed by atoms with Gasteiger partial charge in [0.25, 0.3) is 0 Å². The van der Waals surface area contributed by atoms with Crippen LogP contribution in [0.5, 0.6) is 0 Å². The van der Waals surface area contributed by atoms with Crippen molar-refractivity contribution in [2.24, 2.45) is 0 Å². The van der Waals surface area contributed by atoms with Gasteiger partial charge in [0.05, 0.1) is 28.1 Å². The fraction of sp³-hybridized carbons (Fsp3) is 0.231. The summed E-state index contributed by atoms with van der Waals surface area (Å²) in [5.41, 5.74) is 2.21. The third-order valence-electron chi connectivity index (χ3n) is 2.63. The summed E-state index contributed by atoms with van der Waals surface area (Å²) < 4.78 is 13.2. The van der Waals surface area contributed by atoms with Crippen LogP contribution in [0.3, 0.4) is 0 Å². The van der Waals surface area contributed by atoms with Gasteiger partial charge in [0.2, 0.25) is 0 Å². The van der Waals surface area contributed by atoms with Crippen LogP contribution < -0.4 is 5.32 Å². The van der Waals surface area contributed by atoms with E-state index in [-0.39, 0.29) is 11.9 Å². The molecule has 1 atom stereocenters. The number of aryl methyl sites for hydroxylation is 1. The Labute approximate surface area is 110 Å². The van der Waals surface area contributed by atoms with Crippen LogP contribution >= 0.6 is 11.6 Å². The van der Waals surface area contributed by atoms with Crippen LogP contribution in [-0.4, -0.2) is 9.97 Å². The van der Waals surface area contributed by atoms with E-state index in [0.717, 1.165) is 11.4 Å². The molecule has 0 spiro atoms. The minimum atomic E-state index is -0.329. The van der Waals surface area contributed by atoms with E-state index in [1.807, 2.05) is 13.8 Å². The molecule has 0 radical (unpaired) electrons. The minimum absolute atomic E-state index is 0.0991. The average molecular weight is 266 g/mol. The van der Waals surface area contributed by atoms with E-state index in [1.54, 1.807) is 12.4 Å². The SMILES string of the molecule is Cc1nccnc1C(C)Nc1cc(F)ccc1Cl. The van der Waals surface area contributed by atoms with Crippen LogP contribution in [0.1, 0.15) is 24.4 Å². The highest BCUT2D eigenvalue weighted by Gasteiger charge is 2.12. The number of halogens is 2. The van der Waals surface area contributed by atoms with E-state index < -0.39 is 0 Å². The molecule has 0 aliphatic heterocycles. The lowest BCUT2D eigenvalue weighted by Crippen LogP contribution is -2.11. The highest BCUT2D eigenvalue weighted by Crippen LogP contribution is 2.26. The molecule has 0 fully saturated rings. The Hall–Kier alpha value is -1.68. The Morgan fingerprint density at radius 3 is 2.72 bits per heavy atom. The number of aromatic nitrogens is 2. The summed E-state index contributed by atoms with van der Waals surface area (Å²) in [5.74, 6) is -0.329. The number of benzene rings is 1. The molecular formula is C13H13ClFN3. The zero-order valence-corrected chi connectivity index (χ0v) is 10.9. The van der Waals surface area contributed by atoms with Gasteiger partial charge in [-0.1, -0.05) is 11.6 Å². The molecule has 1 heterocycles. The van der Waals surface area contributed by atoms with Crippen LogP contribution in [-0.2, 0) is 0 Å². The summed E-state index contributed by atoms with van der Waals surface area (Å²) >= 11 is 6.00. The fourth-order valence-electron chi connectivity index (χ4n) is 1.75. The molecule has 0 bridgehead atoms. The molecule has 2 aromatic rings. The van der Waals surface area contributed by atoms with Crippen LogP contribution in [0.15, 0.2) is 30.6 Å². The number of rotatable bonds is 3. The van der Waals surface area contributed by atoms with Crippen LogP contribution in [0.25, 0.3) is 0 Å². The minimum Gasteiger partial charge on any atom is -0.376 e. The van der Waals surface area contributed by atoms with Gasteiger partial charge in [-0.05, 0) is 32.0 Å². The second-order valence-corrected chi connectivity index (χ2v) is 4.42. The molecule has 2 rings (SSSR count). The molecule has 0 amide bonds. The molecule has 0 saturated heterocycles. The van der Waals surface area contributed by atoms with E-state index in [2.05, 4.69) is 15.3 Å². The zero-order chi connectivity index (χ0) is 13.1. The maximum absolute atomic E-state index is 13.2. The maximum Gasteiger partial charge on any atom is 0.125 e. The average Bonchev–Trinajstić information content (AvgIpc) is 2.34. The van der Waals surface area contributed by atoms with E-state index in [9.17, 15) is 4.39 Å². The molecule has 1 unspecified atom stereocenters. The van der Waals surface area contributed by atoms with Gasteiger partial charge in [-0.2, -0.15) is 0 Å². The van der Waals surface area contributed by atoms with E-state index >= 15 is 0 Å². The first-order chi connectivity index (χ1) is 8.58. The molecular weight excluding hydrogens is 253 g/mol. The third-order valence-corrected chi connectivity index (χ3v) is 2.96. The molecule has 0 saturated carbocycles. The largest absolute Gasteiger partial charge is 0.376 e. The lowest BCUT2D eigenvalue weighted by Gasteiger charge is -2.17. The maximum atomic E-state index is 13.2. The quantitative estimate of drug-likeness (QED) is 0.918. The normalized spacial score (nSPS) is 12.2. The number of hydrogen-bond acceptors (Lipinski definition) is 3. The van der Waals surface area contributed by atoms with Crippen molar-refractivity contribution in [3.63, 3.8) is 0 Å². The molecule has 3 nitrogen and oxygen atoms in total. The molecule has 1 N–H and O–H groups in total. The zero-order valence-electron chi connectivity index (χ0n) is 10.1. The summed E-state index contributed by atoms with van der Waals surface area (Å²) in [6, 6.07) is 4.11. The topological polar surface area (TPSA) is 37.8 Å². The van der Waals surface area contributed by atoms with Gasteiger partial charge in [0.1, 0.15) is 5.82 Å². The van der Waals surface area contributed by atoms with Crippen LogP contribution in [0, 0.1) is 12.7 Å². The van der Waals surface area contributed by atoms with Crippen molar-refractivity contribution in [1.29, 1.82) is 0 Å². The molecule has 94 valence electrons. The highest BCUT2D eigenvalue weighted by atomic mass is 35.5. The van der Waals surface area contributed by atoms with Crippen molar-refractivity contribution in [2.45, 2.75) is 19.9 Å². The van der Waals surface area contributed by atoms with E-state index in [0.29, 0.717) is 10.7 Å². The van der Waals surface area contributed by atoms with Crippen LogP contribution in [0.4, 0.5) is 10.1 Å². The van der Waals surface area contributed by atoms with Crippen molar-refractivity contribution in [3.05, 3.63) is 52.8 Å². The van der Waals surface area contributed by atoms with Gasteiger partial charge in [0, 0.05) is 12.4 Å². The van der Waals surface area contributed by atoms with Crippen LogP contribution in [0.2, 0.25) is 5.02 Å². The summed E-state index contributed by atoms with van der Waals surface area (Å²) in [6.07, 6.45) is 3.27. The Morgan fingerprint density at radius 1 is 1.28 bits per heavy atom. The second kappa shape index (κ2) is 5.31. The Balaban J connectivity index is 2.24. The molecule has 1 aromatic heterocycles. The lowest BCUT2D eigenvalue weighted by atomic mass is 10.1. The van der Waals surface area contributed by atoms with Crippen molar-refractivity contribution >= 4 is 17.3 Å². The number of anilines is 1. The third kappa shape index (κ3) is 2.76. The van der Waals surface area contributed by atoms with E-state index in [1.165, 1.54) is 18.2 Å². The monoisotopic (exact) mass is 265 g/mol. The lowest BCUT2D eigenvalue weighted by molar-refractivity contribution is 0.628. The first-order valence-electron chi connectivity index (χ1n) is 5.57. The van der Waals surface area contributed by atoms with E-state index in [4.69, 9.17) is 11.6 Å². The second-order valence-electron chi connectivity index (χ2n) is 4.02. The van der Waals surface area contributed by atoms with Gasteiger partial charge in [-0.25, -0.2) is 4.39 Å². The standard InChI is InChI=1S/C13H13ClFN3/c1-8-13(17-6-5-16-8)9(2)18-12-7-10(15)3-4-11(12)14/h3-7,9,18H,1-2H3. The molecule has 5 heteroatoms. The van der Waals surface area contributed by atoms with Gasteiger partial charge < -0.3 is 5.32 Å². The highest BCUT2D eigenvalue weighted by molar-refractivity contribution is 6.33. The number of nitrogens with one attached hydrogen (secondary N) is 1. The number of hydrogen-bond donors (Lipinski definition) is 1. The Bertz CT molecular complexity index is 560. The predicted molar refractivity (Wildman–Crippen MR) is 70.2 cm³/mol. The number of nitrogens with zero attached hydrogens (tertiary/aromatic N) is 2. The Kier molecular flexibility index (Phi) is 3.77. The Morgan fingerprint density at radius 2 is 2.00 bits per heavy atom.